The normalized spacial score (nSPS) is 35.8. The van der Waals surface area contributed by atoms with Gasteiger partial charge in [-0.05, 0) is 13.8 Å². The average Bonchev–Trinajstić information content (AvgIpc) is 2.44. The molecule has 0 radical (unpaired) electrons. The molecule has 1 rings (SSSR count). The van der Waals surface area contributed by atoms with Crippen LogP contribution in [0.3, 0.4) is 0 Å². The number of nitrogens with zero attached hydrogens (tertiary/aromatic N) is 1. The molecule has 3 nitrogen and oxygen atoms in total. The van der Waals surface area contributed by atoms with Gasteiger partial charge in [-0.25, -0.2) is 0 Å². The quantitative estimate of drug-likeness (QED) is 0.540. The van der Waals surface area contributed by atoms with Crippen molar-refractivity contribution in [3.8, 4) is 0 Å². The molecule has 3 heteroatoms. The summed E-state index contributed by atoms with van der Waals surface area (Å²) in [6.07, 6.45) is 0. The Bertz CT molecular complexity index is 135. The highest BCUT2D eigenvalue weighted by Gasteiger charge is 2.36. The molecule has 1 fully saturated rings. The molecule has 1 aliphatic rings. The third-order valence-electron chi connectivity index (χ3n) is 1.76. The molecule has 1 heterocycles. The van der Waals surface area contributed by atoms with Crippen LogP contribution in [-0.2, 0) is 4.79 Å². The van der Waals surface area contributed by atoms with Gasteiger partial charge in [-0.1, -0.05) is 0 Å². The molecule has 3 unspecified atom stereocenters. The zero-order chi connectivity index (χ0) is 7.02. The van der Waals surface area contributed by atoms with Crippen LogP contribution in [0.1, 0.15) is 13.8 Å². The number of rotatable bonds is 2. The molecule has 0 amide bonds. The van der Waals surface area contributed by atoms with Gasteiger partial charge in [0.1, 0.15) is 6.04 Å². The van der Waals surface area contributed by atoms with Crippen LogP contribution in [0, 0.1) is 0 Å². The second kappa shape index (κ2) is 1.99. The van der Waals surface area contributed by atoms with Crippen molar-refractivity contribution in [1.82, 2.24) is 4.90 Å². The van der Waals surface area contributed by atoms with Gasteiger partial charge in [-0.3, -0.25) is 9.69 Å². The first-order chi connectivity index (χ1) is 4.13. The smallest absolute Gasteiger partial charge is 0.320 e. The van der Waals surface area contributed by atoms with Crippen molar-refractivity contribution < 1.29 is 9.90 Å². The lowest BCUT2D eigenvalue weighted by atomic mass is 10.3. The number of hydrogen-bond acceptors (Lipinski definition) is 2. The number of aliphatic carboxylic acids is 1. The van der Waals surface area contributed by atoms with Gasteiger partial charge in [0, 0.05) is 12.6 Å². The second-order valence-corrected chi connectivity index (χ2v) is 2.56. The van der Waals surface area contributed by atoms with Crippen molar-refractivity contribution in [2.75, 3.05) is 6.54 Å². The zero-order valence-electron chi connectivity index (χ0n) is 5.66. The van der Waals surface area contributed by atoms with E-state index in [4.69, 9.17) is 5.11 Å². The topological polar surface area (TPSA) is 40.3 Å². The highest BCUT2D eigenvalue weighted by atomic mass is 16.4. The Balaban J connectivity index is 2.36. The molecule has 0 aromatic rings. The van der Waals surface area contributed by atoms with E-state index in [1.54, 1.807) is 6.92 Å². The summed E-state index contributed by atoms with van der Waals surface area (Å²) in [5.74, 6) is -0.723. The molecule has 0 aromatic carbocycles. The second-order valence-electron chi connectivity index (χ2n) is 2.56. The lowest BCUT2D eigenvalue weighted by molar-refractivity contribution is -0.140. The van der Waals surface area contributed by atoms with Gasteiger partial charge in [0.25, 0.3) is 0 Å². The molecule has 0 spiro atoms. The number of hydrogen-bond donors (Lipinski definition) is 1. The van der Waals surface area contributed by atoms with Crippen molar-refractivity contribution in [2.24, 2.45) is 0 Å². The van der Waals surface area contributed by atoms with E-state index in [1.807, 2.05) is 11.8 Å². The lowest BCUT2D eigenvalue weighted by Crippen LogP contribution is -2.25. The molecule has 0 bridgehead atoms. The van der Waals surface area contributed by atoms with Gasteiger partial charge in [-0.2, -0.15) is 0 Å². The van der Waals surface area contributed by atoms with Gasteiger partial charge >= 0.3 is 5.97 Å². The van der Waals surface area contributed by atoms with Gasteiger partial charge in [0.05, 0.1) is 0 Å². The van der Waals surface area contributed by atoms with Crippen molar-refractivity contribution in [2.45, 2.75) is 25.9 Å². The van der Waals surface area contributed by atoms with E-state index in [1.165, 1.54) is 0 Å². The number of carbonyl (C=O) groups is 1. The largest absolute Gasteiger partial charge is 0.480 e. The minimum absolute atomic E-state index is 0.292. The van der Waals surface area contributed by atoms with Gasteiger partial charge < -0.3 is 5.11 Å². The summed E-state index contributed by atoms with van der Waals surface area (Å²) in [6.45, 7) is 4.68. The van der Waals surface area contributed by atoms with Crippen LogP contribution in [0.4, 0.5) is 0 Å². The first-order valence-electron chi connectivity index (χ1n) is 3.11. The van der Waals surface area contributed by atoms with Crippen LogP contribution < -0.4 is 0 Å². The molecule has 0 aromatic heterocycles. The van der Waals surface area contributed by atoms with E-state index in [2.05, 4.69) is 0 Å². The minimum Gasteiger partial charge on any atom is -0.480 e. The summed E-state index contributed by atoms with van der Waals surface area (Å²) < 4.78 is 0. The summed E-state index contributed by atoms with van der Waals surface area (Å²) in [7, 11) is 0. The molecular formula is C6H11NO2. The summed E-state index contributed by atoms with van der Waals surface area (Å²) >= 11 is 0. The van der Waals surface area contributed by atoms with Crippen LogP contribution >= 0.6 is 0 Å². The van der Waals surface area contributed by atoms with E-state index in [9.17, 15) is 4.79 Å². The molecule has 52 valence electrons. The predicted molar refractivity (Wildman–Crippen MR) is 33.3 cm³/mol. The summed E-state index contributed by atoms with van der Waals surface area (Å²) in [5.41, 5.74) is 0. The number of carboxylic acids is 1. The first-order valence-corrected chi connectivity index (χ1v) is 3.11. The summed E-state index contributed by atoms with van der Waals surface area (Å²) in [6, 6.07) is 0.191. The van der Waals surface area contributed by atoms with Gasteiger partial charge in [0.15, 0.2) is 0 Å². The Hall–Kier alpha value is -0.570. The lowest BCUT2D eigenvalue weighted by Gasteiger charge is -2.05. The van der Waals surface area contributed by atoms with E-state index in [-0.39, 0.29) is 6.04 Å². The average molecular weight is 129 g/mol. The highest BCUT2D eigenvalue weighted by Crippen LogP contribution is 2.19. The van der Waals surface area contributed by atoms with E-state index >= 15 is 0 Å². The van der Waals surface area contributed by atoms with Crippen molar-refractivity contribution in [1.29, 1.82) is 0 Å². The Labute approximate surface area is 54.3 Å². The van der Waals surface area contributed by atoms with E-state index < -0.39 is 5.97 Å². The van der Waals surface area contributed by atoms with Gasteiger partial charge in [-0.15, -0.1) is 0 Å². The zero-order valence-corrected chi connectivity index (χ0v) is 5.66. The Morgan fingerprint density at radius 3 is 2.44 bits per heavy atom. The molecule has 3 atom stereocenters. The third-order valence-corrected chi connectivity index (χ3v) is 1.76. The highest BCUT2D eigenvalue weighted by molar-refractivity contribution is 5.73. The fraction of sp³-hybridized carbons (Fsp3) is 0.833. The monoisotopic (exact) mass is 129 g/mol. The fourth-order valence-electron chi connectivity index (χ4n) is 0.940. The van der Waals surface area contributed by atoms with Crippen molar-refractivity contribution >= 4 is 5.97 Å². The third kappa shape index (κ3) is 1.21. The van der Waals surface area contributed by atoms with E-state index in [0.29, 0.717) is 6.04 Å². The minimum atomic E-state index is -0.723. The Morgan fingerprint density at radius 2 is 2.33 bits per heavy atom. The van der Waals surface area contributed by atoms with Crippen LogP contribution in [0.5, 0.6) is 0 Å². The maximum atomic E-state index is 10.3. The summed E-state index contributed by atoms with van der Waals surface area (Å²) in [5, 5.41) is 8.47. The molecular weight excluding hydrogens is 118 g/mol. The standard InChI is InChI=1S/C6H11NO2/c1-4-3-7(4)5(2)6(8)9/h4-5H,3H2,1-2H3,(H,8,9). The Kier molecular flexibility index (Phi) is 1.45. The molecule has 9 heavy (non-hydrogen) atoms. The molecule has 1 N–H and O–H groups in total. The van der Waals surface area contributed by atoms with Crippen molar-refractivity contribution in [3.05, 3.63) is 0 Å². The van der Waals surface area contributed by atoms with Crippen LogP contribution in [-0.4, -0.2) is 34.6 Å². The fourth-order valence-corrected chi connectivity index (χ4v) is 0.940. The maximum absolute atomic E-state index is 10.3. The maximum Gasteiger partial charge on any atom is 0.320 e. The van der Waals surface area contributed by atoms with E-state index in [0.717, 1.165) is 6.54 Å². The molecule has 1 aliphatic heterocycles. The summed E-state index contributed by atoms with van der Waals surface area (Å²) in [4.78, 5) is 12.2. The van der Waals surface area contributed by atoms with Crippen molar-refractivity contribution in [3.63, 3.8) is 0 Å². The Morgan fingerprint density at radius 1 is 1.89 bits per heavy atom. The van der Waals surface area contributed by atoms with Gasteiger partial charge in [0.2, 0.25) is 0 Å². The molecule has 1 saturated heterocycles. The van der Waals surface area contributed by atoms with Crippen LogP contribution in [0.25, 0.3) is 0 Å². The SMILES string of the molecule is CC1CN1C(C)C(=O)O. The van der Waals surface area contributed by atoms with Crippen LogP contribution in [0.15, 0.2) is 0 Å². The predicted octanol–water partition coefficient (Wildman–Crippen LogP) is 0.164. The first kappa shape index (κ1) is 6.55. The number of carboxylic acid groups (broad SMARTS) is 1. The molecule has 0 saturated carbocycles. The molecule has 0 aliphatic carbocycles. The van der Waals surface area contributed by atoms with Crippen LogP contribution in [0.2, 0.25) is 0 Å².